The lowest BCUT2D eigenvalue weighted by atomic mass is 10.0. The van der Waals surface area contributed by atoms with Crippen LogP contribution in [0.25, 0.3) is 0 Å². The molecular weight excluding hydrogens is 465 g/mol. The Hall–Kier alpha value is -3.13. The highest BCUT2D eigenvalue weighted by Gasteiger charge is 2.30. The molecule has 0 saturated heterocycles. The van der Waals surface area contributed by atoms with E-state index in [-0.39, 0.29) is 19.1 Å². The van der Waals surface area contributed by atoms with Crippen LogP contribution >= 0.6 is 11.8 Å². The summed E-state index contributed by atoms with van der Waals surface area (Å²) >= 11 is 1.67. The monoisotopic (exact) mass is 488 g/mol. The average molecular weight is 489 g/mol. The van der Waals surface area contributed by atoms with Crippen LogP contribution in [0.3, 0.4) is 0 Å². The van der Waals surface area contributed by atoms with Crippen molar-refractivity contribution >= 4 is 17.7 Å². The van der Waals surface area contributed by atoms with Gasteiger partial charge in [0, 0.05) is 10.6 Å². The first-order valence-corrected chi connectivity index (χ1v) is 11.8. The van der Waals surface area contributed by atoms with E-state index in [2.05, 4.69) is 6.07 Å². The first-order chi connectivity index (χ1) is 16.3. The van der Waals surface area contributed by atoms with E-state index in [0.717, 1.165) is 46.1 Å². The minimum absolute atomic E-state index is 0.00716. The van der Waals surface area contributed by atoms with Crippen LogP contribution in [-0.4, -0.2) is 17.2 Å². The molecule has 0 fully saturated rings. The Balaban J connectivity index is 1.31. The topological polar surface area (TPSA) is 55.8 Å². The van der Waals surface area contributed by atoms with Crippen LogP contribution in [0, 0.1) is 0 Å². The molecule has 0 radical (unpaired) electrons. The molecule has 1 unspecified atom stereocenters. The van der Waals surface area contributed by atoms with Gasteiger partial charge < -0.3 is 14.6 Å². The highest BCUT2D eigenvalue weighted by molar-refractivity contribution is 7.98. The number of aliphatic carboxylic acids is 1. The number of halogens is 3. The Morgan fingerprint density at radius 1 is 1.06 bits per heavy atom. The molecule has 0 spiro atoms. The Kier molecular flexibility index (Phi) is 7.36. The maximum Gasteiger partial charge on any atom is 0.416 e. The molecule has 1 N–H and O–H groups in total. The number of ether oxygens (including phenoxy) is 2. The van der Waals surface area contributed by atoms with Gasteiger partial charge in [-0.3, -0.25) is 4.79 Å². The van der Waals surface area contributed by atoms with E-state index in [0.29, 0.717) is 17.7 Å². The van der Waals surface area contributed by atoms with E-state index >= 15 is 0 Å². The molecule has 1 aliphatic rings. The lowest BCUT2D eigenvalue weighted by Gasteiger charge is -2.25. The number of rotatable bonds is 8. The van der Waals surface area contributed by atoms with Crippen molar-refractivity contribution in [1.82, 2.24) is 0 Å². The molecule has 3 aromatic rings. The van der Waals surface area contributed by atoms with Crippen molar-refractivity contribution in [2.24, 2.45) is 0 Å². The van der Waals surface area contributed by atoms with Crippen LogP contribution in [0.15, 0.2) is 71.6 Å². The number of carbonyl (C=O) groups is 1. The van der Waals surface area contributed by atoms with Crippen molar-refractivity contribution in [2.45, 2.75) is 48.8 Å². The molecule has 4 nitrogen and oxygen atoms in total. The van der Waals surface area contributed by atoms with E-state index in [1.807, 2.05) is 36.4 Å². The predicted octanol–water partition coefficient (Wildman–Crippen LogP) is 6.75. The van der Waals surface area contributed by atoms with Crippen LogP contribution in [0.2, 0.25) is 0 Å². The number of hydrogen-bond acceptors (Lipinski definition) is 4. The van der Waals surface area contributed by atoms with Gasteiger partial charge in [0.2, 0.25) is 0 Å². The minimum Gasteiger partial charge on any atom is -0.490 e. The molecule has 1 atom stereocenters. The summed E-state index contributed by atoms with van der Waals surface area (Å²) in [5.74, 6) is 1.27. The number of carboxylic acid groups (broad SMARTS) is 1. The Morgan fingerprint density at radius 2 is 1.85 bits per heavy atom. The molecule has 0 saturated carbocycles. The summed E-state index contributed by atoms with van der Waals surface area (Å²) in [5, 5.41) is 8.95. The molecule has 0 amide bonds. The zero-order valence-corrected chi connectivity index (χ0v) is 19.0. The van der Waals surface area contributed by atoms with Crippen molar-refractivity contribution in [3.05, 3.63) is 89.0 Å². The smallest absolute Gasteiger partial charge is 0.416 e. The van der Waals surface area contributed by atoms with Gasteiger partial charge in [0.25, 0.3) is 0 Å². The van der Waals surface area contributed by atoms with Gasteiger partial charge in [-0.15, -0.1) is 11.8 Å². The normalized spacial score (nSPS) is 15.3. The van der Waals surface area contributed by atoms with Crippen molar-refractivity contribution in [1.29, 1.82) is 0 Å². The molecular formula is C26H23F3O4S. The zero-order valence-electron chi connectivity index (χ0n) is 18.2. The standard InChI is InChI=1S/C26H23F3O4S/c27-26(28,29)20-7-4-17(5-8-20)15-32-21-3-1-2-18(12-21)16-34-23-10-11-24-19(13-23)6-9-22(33-24)14-25(30)31/h1-5,7-8,10-13,22H,6,9,14-16H2,(H,30,31). The zero-order chi connectivity index (χ0) is 24.1. The molecule has 1 heterocycles. The van der Waals surface area contributed by atoms with Crippen molar-refractivity contribution in [3.63, 3.8) is 0 Å². The summed E-state index contributed by atoms with van der Waals surface area (Å²) < 4.78 is 49.6. The fraction of sp³-hybridized carbons (Fsp3) is 0.269. The van der Waals surface area contributed by atoms with Crippen LogP contribution < -0.4 is 9.47 Å². The van der Waals surface area contributed by atoms with Gasteiger partial charge in [0.1, 0.15) is 24.2 Å². The largest absolute Gasteiger partial charge is 0.490 e. The van der Waals surface area contributed by atoms with Crippen molar-refractivity contribution < 1.29 is 32.5 Å². The van der Waals surface area contributed by atoms with Crippen LogP contribution in [0.4, 0.5) is 13.2 Å². The third-order valence-electron chi connectivity index (χ3n) is 5.45. The van der Waals surface area contributed by atoms with Gasteiger partial charge >= 0.3 is 12.1 Å². The maximum absolute atomic E-state index is 12.7. The number of hydrogen-bond donors (Lipinski definition) is 1. The molecule has 1 aliphatic heterocycles. The third kappa shape index (κ3) is 6.47. The second-order valence-corrected chi connectivity index (χ2v) is 9.11. The SMILES string of the molecule is O=C(O)CC1CCc2cc(SCc3cccc(OCc4ccc(C(F)(F)F)cc4)c3)ccc2O1. The minimum atomic E-state index is -4.35. The van der Waals surface area contributed by atoms with Crippen molar-refractivity contribution in [3.8, 4) is 11.5 Å². The Morgan fingerprint density at radius 3 is 2.59 bits per heavy atom. The van der Waals surface area contributed by atoms with E-state index < -0.39 is 17.7 Å². The summed E-state index contributed by atoms with van der Waals surface area (Å²) in [6.07, 6.45) is -3.15. The average Bonchev–Trinajstić information content (AvgIpc) is 2.81. The first-order valence-electron chi connectivity index (χ1n) is 10.8. The summed E-state index contributed by atoms with van der Waals surface area (Å²) in [5.41, 5.74) is 2.13. The number of benzene rings is 3. The molecule has 34 heavy (non-hydrogen) atoms. The van der Waals surface area contributed by atoms with Gasteiger partial charge in [-0.05, 0) is 72.0 Å². The number of carboxylic acids is 1. The fourth-order valence-electron chi connectivity index (χ4n) is 3.70. The lowest BCUT2D eigenvalue weighted by molar-refractivity contribution is -0.139. The number of thioether (sulfide) groups is 1. The molecule has 0 aliphatic carbocycles. The van der Waals surface area contributed by atoms with Crippen LogP contribution in [0.5, 0.6) is 11.5 Å². The first kappa shape index (κ1) is 24.0. The fourth-order valence-corrected chi connectivity index (χ4v) is 4.60. The molecule has 3 aromatic carbocycles. The van der Waals surface area contributed by atoms with Gasteiger partial charge in [-0.25, -0.2) is 0 Å². The number of aryl methyl sites for hydroxylation is 1. The molecule has 4 rings (SSSR count). The van der Waals surface area contributed by atoms with Gasteiger partial charge in [0.05, 0.1) is 12.0 Å². The van der Waals surface area contributed by atoms with Gasteiger partial charge in [0.15, 0.2) is 0 Å². The van der Waals surface area contributed by atoms with Crippen LogP contribution in [-0.2, 0) is 29.8 Å². The summed E-state index contributed by atoms with van der Waals surface area (Å²) in [7, 11) is 0. The second kappa shape index (κ2) is 10.4. The highest BCUT2D eigenvalue weighted by Crippen LogP contribution is 2.34. The third-order valence-corrected chi connectivity index (χ3v) is 6.52. The number of fused-ring (bicyclic) bond motifs is 1. The van der Waals surface area contributed by atoms with Gasteiger partial charge in [-0.1, -0.05) is 24.3 Å². The van der Waals surface area contributed by atoms with E-state index in [1.54, 1.807) is 11.8 Å². The molecule has 8 heteroatoms. The summed E-state index contributed by atoms with van der Waals surface area (Å²) in [4.78, 5) is 12.0. The van der Waals surface area contributed by atoms with Crippen LogP contribution in [0.1, 0.15) is 35.1 Å². The Bertz CT molecular complexity index is 1150. The highest BCUT2D eigenvalue weighted by atomic mass is 32.2. The Labute approximate surface area is 199 Å². The maximum atomic E-state index is 12.7. The van der Waals surface area contributed by atoms with Crippen molar-refractivity contribution in [2.75, 3.05) is 0 Å². The molecule has 178 valence electrons. The van der Waals surface area contributed by atoms with E-state index in [4.69, 9.17) is 14.6 Å². The summed E-state index contributed by atoms with van der Waals surface area (Å²) in [6, 6.07) is 18.5. The lowest BCUT2D eigenvalue weighted by Crippen LogP contribution is -2.25. The number of alkyl halides is 3. The predicted molar refractivity (Wildman–Crippen MR) is 123 cm³/mol. The molecule has 0 bridgehead atoms. The summed E-state index contributed by atoms with van der Waals surface area (Å²) in [6.45, 7) is 0.183. The molecule has 0 aromatic heterocycles. The van der Waals surface area contributed by atoms with E-state index in [9.17, 15) is 18.0 Å². The quantitative estimate of drug-likeness (QED) is 0.356. The van der Waals surface area contributed by atoms with E-state index in [1.165, 1.54) is 12.1 Å². The second-order valence-electron chi connectivity index (χ2n) is 8.07. The van der Waals surface area contributed by atoms with Gasteiger partial charge in [-0.2, -0.15) is 13.2 Å².